The average Bonchev–Trinajstić information content (AvgIpc) is 3.18. The summed E-state index contributed by atoms with van der Waals surface area (Å²) in [5.74, 6) is 0. The van der Waals surface area contributed by atoms with E-state index >= 15 is 0 Å². The van der Waals surface area contributed by atoms with Gasteiger partial charge in [-0.1, -0.05) is 96.2 Å². The van der Waals surface area contributed by atoms with Gasteiger partial charge in [-0.25, -0.2) is 4.68 Å². The Balaban J connectivity index is 1.47. The Labute approximate surface area is 160 Å². The van der Waals surface area contributed by atoms with E-state index in [1.807, 2.05) is 65.5 Å². The molecule has 4 rings (SSSR count). The Kier molecular flexibility index (Phi) is 5.68. The van der Waals surface area contributed by atoms with Gasteiger partial charge < -0.3 is 4.52 Å². The van der Waals surface area contributed by atoms with Crippen molar-refractivity contribution >= 4 is 18.8 Å². The van der Waals surface area contributed by atoms with Gasteiger partial charge in [-0.2, -0.15) is 0 Å². The van der Waals surface area contributed by atoms with Gasteiger partial charge in [0.25, 0.3) is 0 Å². The summed E-state index contributed by atoms with van der Waals surface area (Å²) in [6.07, 6.45) is 1.95. The summed E-state index contributed by atoms with van der Waals surface area (Å²) in [5, 5.41) is 10.9. The van der Waals surface area contributed by atoms with Gasteiger partial charge in [0.15, 0.2) is 0 Å². The van der Waals surface area contributed by atoms with Crippen LogP contribution in [0.2, 0.25) is 0 Å². The van der Waals surface area contributed by atoms with Crippen molar-refractivity contribution < 1.29 is 4.52 Å². The molecule has 1 aromatic heterocycles. The molecule has 4 aromatic rings. The summed E-state index contributed by atoms with van der Waals surface area (Å²) in [6, 6.07) is 31.0. The van der Waals surface area contributed by atoms with E-state index in [0.29, 0.717) is 13.2 Å². The standard InChI is InChI=1S/C22H20N3OP/c1-4-10-19(11-5-1)16-25-17-20(23-24-25)18-26-27(21-12-6-2-7-13-21)22-14-8-3-9-15-22/h1-15,17H,16,18H2. The fourth-order valence-corrected chi connectivity index (χ4v) is 4.55. The highest BCUT2D eigenvalue weighted by atomic mass is 31.1. The SMILES string of the molecule is c1ccc(Cn2cc(COP(c3ccccc3)c3ccccc3)nn2)cc1. The van der Waals surface area contributed by atoms with Gasteiger partial charge in [-0.15, -0.1) is 5.10 Å². The first-order chi connectivity index (χ1) is 13.4. The molecule has 0 unspecified atom stereocenters. The van der Waals surface area contributed by atoms with Crippen molar-refractivity contribution in [2.45, 2.75) is 13.2 Å². The maximum Gasteiger partial charge on any atom is 0.109 e. The Morgan fingerprint density at radius 1 is 0.741 bits per heavy atom. The Bertz CT molecular complexity index is 919. The van der Waals surface area contributed by atoms with E-state index in [9.17, 15) is 0 Å². The van der Waals surface area contributed by atoms with Crippen molar-refractivity contribution in [3.05, 3.63) is 108 Å². The van der Waals surface area contributed by atoms with Gasteiger partial charge in [0.05, 0.1) is 27.5 Å². The predicted molar refractivity (Wildman–Crippen MR) is 109 cm³/mol. The van der Waals surface area contributed by atoms with Gasteiger partial charge in [-0.05, 0) is 5.56 Å². The summed E-state index contributed by atoms with van der Waals surface area (Å²) < 4.78 is 8.16. The molecule has 4 nitrogen and oxygen atoms in total. The van der Waals surface area contributed by atoms with E-state index in [0.717, 1.165) is 5.69 Å². The van der Waals surface area contributed by atoms with Gasteiger partial charge in [0.1, 0.15) is 5.69 Å². The van der Waals surface area contributed by atoms with Crippen molar-refractivity contribution in [1.29, 1.82) is 0 Å². The van der Waals surface area contributed by atoms with Crippen molar-refractivity contribution in [3.8, 4) is 0 Å². The maximum absolute atomic E-state index is 6.31. The lowest BCUT2D eigenvalue weighted by atomic mass is 10.2. The topological polar surface area (TPSA) is 39.9 Å². The lowest BCUT2D eigenvalue weighted by molar-refractivity contribution is 0.344. The molecule has 0 aliphatic carbocycles. The molecule has 3 aromatic carbocycles. The molecule has 0 N–H and O–H groups in total. The zero-order valence-corrected chi connectivity index (χ0v) is 15.7. The Hall–Kier alpha value is -2.81. The van der Waals surface area contributed by atoms with Crippen LogP contribution in [0.1, 0.15) is 11.3 Å². The fraction of sp³-hybridized carbons (Fsp3) is 0.0909. The second-order valence-corrected chi connectivity index (χ2v) is 8.01. The summed E-state index contributed by atoms with van der Waals surface area (Å²) in [5.41, 5.74) is 2.04. The zero-order valence-electron chi connectivity index (χ0n) is 14.8. The minimum absolute atomic E-state index is 0.435. The summed E-state index contributed by atoms with van der Waals surface area (Å²) in [7, 11) is -0.890. The van der Waals surface area contributed by atoms with Crippen molar-refractivity contribution in [2.75, 3.05) is 0 Å². The molecule has 0 fully saturated rings. The van der Waals surface area contributed by atoms with Crippen LogP contribution in [0.3, 0.4) is 0 Å². The summed E-state index contributed by atoms with van der Waals surface area (Å²) in [6.45, 7) is 1.14. The molecule has 134 valence electrons. The third kappa shape index (κ3) is 4.68. The van der Waals surface area contributed by atoms with Crippen LogP contribution in [-0.4, -0.2) is 15.0 Å². The zero-order chi connectivity index (χ0) is 18.3. The molecule has 0 aliphatic rings. The van der Waals surface area contributed by atoms with Crippen LogP contribution < -0.4 is 10.6 Å². The molecule has 0 saturated carbocycles. The Morgan fingerprint density at radius 3 is 1.89 bits per heavy atom. The molecular weight excluding hydrogens is 353 g/mol. The molecular formula is C22H20N3OP. The van der Waals surface area contributed by atoms with Gasteiger partial charge >= 0.3 is 0 Å². The first kappa shape index (κ1) is 17.6. The number of benzene rings is 3. The molecule has 0 amide bonds. The van der Waals surface area contributed by atoms with Gasteiger partial charge in [0.2, 0.25) is 0 Å². The lowest BCUT2D eigenvalue weighted by Gasteiger charge is -2.17. The number of nitrogens with zero attached hydrogens (tertiary/aromatic N) is 3. The summed E-state index contributed by atoms with van der Waals surface area (Å²) >= 11 is 0. The predicted octanol–water partition coefficient (Wildman–Crippen LogP) is 3.89. The number of aromatic nitrogens is 3. The number of hydrogen-bond donors (Lipinski definition) is 0. The second-order valence-electron chi connectivity index (χ2n) is 6.13. The molecule has 27 heavy (non-hydrogen) atoms. The average molecular weight is 373 g/mol. The van der Waals surface area contributed by atoms with Crippen LogP contribution in [0.25, 0.3) is 0 Å². The first-order valence-electron chi connectivity index (χ1n) is 8.84. The largest absolute Gasteiger partial charge is 0.343 e. The summed E-state index contributed by atoms with van der Waals surface area (Å²) in [4.78, 5) is 0. The molecule has 0 spiro atoms. The smallest absolute Gasteiger partial charge is 0.109 e. The highest BCUT2D eigenvalue weighted by Gasteiger charge is 2.15. The molecule has 0 radical (unpaired) electrons. The second kappa shape index (κ2) is 8.72. The minimum atomic E-state index is -0.890. The van der Waals surface area contributed by atoms with Crippen LogP contribution in [0.15, 0.2) is 97.2 Å². The molecule has 0 saturated heterocycles. The molecule has 0 aliphatic heterocycles. The van der Waals surface area contributed by atoms with E-state index in [1.165, 1.54) is 16.2 Å². The van der Waals surface area contributed by atoms with E-state index in [1.54, 1.807) is 0 Å². The van der Waals surface area contributed by atoms with Crippen molar-refractivity contribution in [2.24, 2.45) is 0 Å². The van der Waals surface area contributed by atoms with E-state index in [2.05, 4.69) is 46.7 Å². The number of rotatable bonds is 7. The minimum Gasteiger partial charge on any atom is -0.343 e. The number of hydrogen-bond acceptors (Lipinski definition) is 3. The lowest BCUT2D eigenvalue weighted by Crippen LogP contribution is -2.13. The highest BCUT2D eigenvalue weighted by molar-refractivity contribution is 7.68. The van der Waals surface area contributed by atoms with Crippen LogP contribution in [0.5, 0.6) is 0 Å². The quantitative estimate of drug-likeness (QED) is 0.462. The van der Waals surface area contributed by atoms with Crippen molar-refractivity contribution in [1.82, 2.24) is 15.0 Å². The monoisotopic (exact) mass is 373 g/mol. The van der Waals surface area contributed by atoms with Crippen LogP contribution in [-0.2, 0) is 17.7 Å². The Morgan fingerprint density at radius 2 is 1.30 bits per heavy atom. The highest BCUT2D eigenvalue weighted by Crippen LogP contribution is 2.35. The van der Waals surface area contributed by atoms with E-state index in [-0.39, 0.29) is 0 Å². The van der Waals surface area contributed by atoms with E-state index in [4.69, 9.17) is 4.52 Å². The fourth-order valence-electron chi connectivity index (χ4n) is 2.81. The normalized spacial score (nSPS) is 11.0. The van der Waals surface area contributed by atoms with Crippen LogP contribution in [0.4, 0.5) is 0 Å². The van der Waals surface area contributed by atoms with Crippen LogP contribution >= 0.6 is 8.15 Å². The molecule has 5 heteroatoms. The maximum atomic E-state index is 6.31. The van der Waals surface area contributed by atoms with E-state index < -0.39 is 8.15 Å². The third-order valence-corrected chi connectivity index (χ3v) is 6.02. The molecule has 0 bridgehead atoms. The third-order valence-electron chi connectivity index (χ3n) is 4.10. The van der Waals surface area contributed by atoms with Gasteiger partial charge in [-0.3, -0.25) is 0 Å². The molecule has 0 atom stereocenters. The van der Waals surface area contributed by atoms with Crippen LogP contribution in [0, 0.1) is 0 Å². The molecule has 1 heterocycles. The van der Waals surface area contributed by atoms with Gasteiger partial charge in [0, 0.05) is 10.6 Å². The van der Waals surface area contributed by atoms with Crippen molar-refractivity contribution in [3.63, 3.8) is 0 Å². The first-order valence-corrected chi connectivity index (χ1v) is 10.1.